The Morgan fingerprint density at radius 1 is 1.33 bits per heavy atom. The van der Waals surface area contributed by atoms with Gasteiger partial charge in [-0.1, -0.05) is 11.6 Å². The average Bonchev–Trinajstić information content (AvgIpc) is 3.03. The van der Waals surface area contributed by atoms with Crippen LogP contribution in [0.2, 0.25) is 0 Å². The lowest BCUT2D eigenvalue weighted by Gasteiger charge is -2.15. The fourth-order valence-electron chi connectivity index (χ4n) is 2.46. The van der Waals surface area contributed by atoms with E-state index in [9.17, 15) is 0 Å². The van der Waals surface area contributed by atoms with Crippen molar-refractivity contribution in [2.45, 2.75) is 39.2 Å². The van der Waals surface area contributed by atoms with E-state index >= 15 is 0 Å². The molecule has 6 nitrogen and oxygen atoms in total. The van der Waals surface area contributed by atoms with E-state index in [1.54, 1.807) is 7.05 Å². The summed E-state index contributed by atoms with van der Waals surface area (Å²) < 4.78 is 7.31. The molecule has 0 atom stereocenters. The van der Waals surface area contributed by atoms with Gasteiger partial charge in [-0.05, 0) is 32.8 Å². The predicted octanol–water partition coefficient (Wildman–Crippen LogP) is 2.53. The zero-order valence-corrected chi connectivity index (χ0v) is 17.2. The first-order valence-electron chi connectivity index (χ1n) is 8.43. The van der Waals surface area contributed by atoms with Crippen molar-refractivity contribution in [2.24, 2.45) is 4.99 Å². The van der Waals surface area contributed by atoms with Gasteiger partial charge in [0.05, 0.1) is 18.9 Å². The molecule has 0 amide bonds. The maximum Gasteiger partial charge on any atom is 0.190 e. The van der Waals surface area contributed by atoms with Gasteiger partial charge in [0.2, 0.25) is 0 Å². The number of hydrogen-bond donors (Lipinski definition) is 2. The fraction of sp³-hybridized carbons (Fsp3) is 0.647. The molecule has 1 aromatic heterocycles. The topological polar surface area (TPSA) is 63.5 Å². The molecule has 2 heterocycles. The lowest BCUT2D eigenvalue weighted by Crippen LogP contribution is -2.39. The molecule has 7 heteroatoms. The van der Waals surface area contributed by atoms with E-state index in [-0.39, 0.29) is 24.0 Å². The van der Waals surface area contributed by atoms with Gasteiger partial charge in [0, 0.05) is 38.8 Å². The standard InChI is InChI=1S/C17H29N5O.HI/c1-14(2)22-11-6-16(21-22)5-10-20-17(18-3)19-9-4-15-7-12-23-13-8-15;/h6-7,11,14H,4-5,8-10,12-13H2,1-3H3,(H2,18,19,20);1H. The molecule has 0 aliphatic carbocycles. The van der Waals surface area contributed by atoms with E-state index in [0.717, 1.165) is 57.2 Å². The van der Waals surface area contributed by atoms with E-state index in [4.69, 9.17) is 4.74 Å². The Morgan fingerprint density at radius 3 is 2.67 bits per heavy atom. The number of nitrogens with one attached hydrogen (secondary N) is 2. The first-order chi connectivity index (χ1) is 11.2. The van der Waals surface area contributed by atoms with Crippen molar-refractivity contribution in [3.8, 4) is 0 Å². The molecule has 136 valence electrons. The van der Waals surface area contributed by atoms with Gasteiger partial charge in [0.15, 0.2) is 5.96 Å². The molecule has 0 fully saturated rings. The number of nitrogens with zero attached hydrogens (tertiary/aromatic N) is 3. The van der Waals surface area contributed by atoms with Crippen molar-refractivity contribution in [1.82, 2.24) is 20.4 Å². The zero-order chi connectivity index (χ0) is 16.5. The largest absolute Gasteiger partial charge is 0.377 e. The van der Waals surface area contributed by atoms with Gasteiger partial charge >= 0.3 is 0 Å². The third-order valence-electron chi connectivity index (χ3n) is 3.89. The Hall–Kier alpha value is -1.09. The lowest BCUT2D eigenvalue weighted by atomic mass is 10.1. The van der Waals surface area contributed by atoms with Crippen LogP contribution in [0, 0.1) is 0 Å². The highest BCUT2D eigenvalue weighted by Crippen LogP contribution is 2.10. The summed E-state index contributed by atoms with van der Waals surface area (Å²) >= 11 is 0. The third kappa shape index (κ3) is 7.21. The van der Waals surface area contributed by atoms with E-state index in [0.29, 0.717) is 6.04 Å². The van der Waals surface area contributed by atoms with E-state index in [2.05, 4.69) is 46.7 Å². The van der Waals surface area contributed by atoms with Gasteiger partial charge in [0.1, 0.15) is 0 Å². The van der Waals surface area contributed by atoms with Gasteiger partial charge in [-0.25, -0.2) is 0 Å². The number of guanidine groups is 1. The minimum atomic E-state index is 0. The van der Waals surface area contributed by atoms with Crippen molar-refractivity contribution >= 4 is 29.9 Å². The van der Waals surface area contributed by atoms with Crippen LogP contribution >= 0.6 is 24.0 Å². The Balaban J connectivity index is 0.00000288. The normalized spacial score (nSPS) is 15.0. The van der Waals surface area contributed by atoms with Crippen LogP contribution in [-0.2, 0) is 11.2 Å². The molecule has 0 bridgehead atoms. The Labute approximate surface area is 162 Å². The summed E-state index contributed by atoms with van der Waals surface area (Å²) in [6, 6.07) is 2.49. The van der Waals surface area contributed by atoms with Gasteiger partial charge in [-0.3, -0.25) is 9.67 Å². The third-order valence-corrected chi connectivity index (χ3v) is 3.89. The maximum absolute atomic E-state index is 5.32. The first kappa shape index (κ1) is 21.0. The van der Waals surface area contributed by atoms with Crippen LogP contribution in [0.1, 0.15) is 38.4 Å². The summed E-state index contributed by atoms with van der Waals surface area (Å²) in [6.07, 6.45) is 7.21. The van der Waals surface area contributed by atoms with E-state index in [1.165, 1.54) is 5.57 Å². The molecule has 0 saturated carbocycles. The zero-order valence-electron chi connectivity index (χ0n) is 14.9. The quantitative estimate of drug-likeness (QED) is 0.292. The highest BCUT2D eigenvalue weighted by atomic mass is 127. The Morgan fingerprint density at radius 2 is 2.08 bits per heavy atom. The summed E-state index contributed by atoms with van der Waals surface area (Å²) in [5, 5.41) is 11.3. The van der Waals surface area contributed by atoms with Crippen LogP contribution in [0.15, 0.2) is 28.9 Å². The van der Waals surface area contributed by atoms with Gasteiger partial charge in [-0.2, -0.15) is 5.10 Å². The van der Waals surface area contributed by atoms with Crippen LogP contribution in [0.3, 0.4) is 0 Å². The average molecular weight is 447 g/mol. The van der Waals surface area contributed by atoms with Gasteiger partial charge in [0.25, 0.3) is 0 Å². The van der Waals surface area contributed by atoms with Crippen LogP contribution in [0.5, 0.6) is 0 Å². The second kappa shape index (κ2) is 11.5. The van der Waals surface area contributed by atoms with Gasteiger partial charge < -0.3 is 15.4 Å². The van der Waals surface area contributed by atoms with Crippen LogP contribution in [0.25, 0.3) is 0 Å². The minimum Gasteiger partial charge on any atom is -0.377 e. The van der Waals surface area contributed by atoms with Crippen LogP contribution in [0.4, 0.5) is 0 Å². The first-order valence-corrected chi connectivity index (χ1v) is 8.43. The maximum atomic E-state index is 5.32. The van der Waals surface area contributed by atoms with E-state index in [1.807, 2.05) is 10.9 Å². The van der Waals surface area contributed by atoms with Crippen LogP contribution in [-0.4, -0.2) is 49.1 Å². The van der Waals surface area contributed by atoms with Crippen molar-refractivity contribution in [1.29, 1.82) is 0 Å². The summed E-state index contributed by atoms with van der Waals surface area (Å²) in [7, 11) is 1.80. The molecule has 1 aliphatic heterocycles. The number of aliphatic imine (C=N–C) groups is 1. The molecule has 24 heavy (non-hydrogen) atoms. The molecule has 0 aromatic carbocycles. The van der Waals surface area contributed by atoms with Crippen molar-refractivity contribution in [3.05, 3.63) is 29.6 Å². The van der Waals surface area contributed by atoms with Crippen molar-refractivity contribution < 1.29 is 4.74 Å². The molecule has 0 spiro atoms. The molecule has 2 rings (SSSR count). The molecular weight excluding hydrogens is 417 g/mol. The second-order valence-electron chi connectivity index (χ2n) is 5.99. The monoisotopic (exact) mass is 447 g/mol. The predicted molar refractivity (Wildman–Crippen MR) is 109 cm³/mol. The number of aromatic nitrogens is 2. The Bertz CT molecular complexity index is 539. The van der Waals surface area contributed by atoms with E-state index < -0.39 is 0 Å². The van der Waals surface area contributed by atoms with Gasteiger partial charge in [-0.15, -0.1) is 24.0 Å². The molecule has 2 N–H and O–H groups in total. The van der Waals surface area contributed by atoms with Crippen molar-refractivity contribution in [3.63, 3.8) is 0 Å². The van der Waals surface area contributed by atoms with Crippen molar-refractivity contribution in [2.75, 3.05) is 33.4 Å². The molecule has 1 aromatic rings. The Kier molecular flexibility index (Phi) is 10.0. The minimum absolute atomic E-state index is 0. The molecule has 0 radical (unpaired) electrons. The molecule has 0 saturated heterocycles. The van der Waals surface area contributed by atoms with Crippen LogP contribution < -0.4 is 10.6 Å². The lowest BCUT2D eigenvalue weighted by molar-refractivity contribution is 0.153. The smallest absolute Gasteiger partial charge is 0.190 e. The molecular formula is C17H30IN5O. The number of rotatable bonds is 7. The highest BCUT2D eigenvalue weighted by Gasteiger charge is 2.05. The summed E-state index contributed by atoms with van der Waals surface area (Å²) in [6.45, 7) is 7.59. The highest BCUT2D eigenvalue weighted by molar-refractivity contribution is 14.0. The SMILES string of the molecule is CN=C(NCCC1=CCOCC1)NCCc1ccn(C(C)C)n1.I. The molecule has 1 aliphatic rings. The number of hydrogen-bond acceptors (Lipinski definition) is 3. The second-order valence-corrected chi connectivity index (χ2v) is 5.99. The fourth-order valence-corrected chi connectivity index (χ4v) is 2.46. The summed E-state index contributed by atoms with van der Waals surface area (Å²) in [4.78, 5) is 4.26. The summed E-state index contributed by atoms with van der Waals surface area (Å²) in [5.41, 5.74) is 2.58. The number of ether oxygens (including phenoxy) is 1. The number of halogens is 1. The molecule has 0 unspecified atom stereocenters. The summed E-state index contributed by atoms with van der Waals surface area (Å²) in [5.74, 6) is 0.848.